The van der Waals surface area contributed by atoms with Gasteiger partial charge in [0.2, 0.25) is 10.0 Å². The fourth-order valence-electron chi connectivity index (χ4n) is 2.52. The minimum Gasteiger partial charge on any atom is -0.392 e. The quantitative estimate of drug-likeness (QED) is 0.911. The molecule has 1 N–H and O–H groups in total. The Morgan fingerprint density at radius 1 is 1.35 bits per heavy atom. The number of aryl methyl sites for hydroxylation is 1. The molecule has 1 heterocycles. The van der Waals surface area contributed by atoms with E-state index in [1.54, 1.807) is 12.1 Å². The van der Waals surface area contributed by atoms with Gasteiger partial charge in [-0.1, -0.05) is 6.07 Å². The molecule has 0 spiro atoms. The lowest BCUT2D eigenvalue weighted by Crippen LogP contribution is -2.42. The molecule has 1 aliphatic rings. The maximum absolute atomic E-state index is 12.6. The van der Waals surface area contributed by atoms with Gasteiger partial charge in [0.05, 0.1) is 11.0 Å². The lowest BCUT2D eigenvalue weighted by molar-refractivity contribution is 0.108. The second kappa shape index (κ2) is 5.71. The molecule has 1 fully saturated rings. The number of aliphatic hydroxyl groups is 1. The van der Waals surface area contributed by atoms with Crippen LogP contribution in [0.4, 0.5) is 5.69 Å². The normalized spacial score (nSPS) is 20.9. The van der Waals surface area contributed by atoms with Gasteiger partial charge < -0.3 is 10.0 Å². The predicted octanol–water partition coefficient (Wildman–Crippen LogP) is 1.21. The number of piperidine rings is 1. The van der Waals surface area contributed by atoms with E-state index in [0.717, 1.165) is 11.3 Å². The number of nitrogens with zero attached hydrogens (tertiary/aromatic N) is 2. The standard InChI is InChI=1S/C14H22N2O3S/c1-11-6-7-13(9-14(11)15(2)3)20(18,19)16-8-4-5-12(17)10-16/h6-7,9,12,17H,4-5,8,10H2,1-3H3. The van der Waals surface area contributed by atoms with E-state index >= 15 is 0 Å². The molecule has 20 heavy (non-hydrogen) atoms. The molecule has 6 heteroatoms. The van der Waals surface area contributed by atoms with Crippen molar-refractivity contribution in [2.24, 2.45) is 0 Å². The number of β-amino-alcohol motifs (C(OH)–C–C–N with tert-alkyl or cyclic N) is 1. The molecule has 0 amide bonds. The fourth-order valence-corrected chi connectivity index (χ4v) is 4.06. The highest BCUT2D eigenvalue weighted by atomic mass is 32.2. The molecule has 1 aliphatic heterocycles. The van der Waals surface area contributed by atoms with Crippen molar-refractivity contribution in [3.63, 3.8) is 0 Å². The molecule has 1 atom stereocenters. The lowest BCUT2D eigenvalue weighted by Gasteiger charge is -2.29. The summed E-state index contributed by atoms with van der Waals surface area (Å²) in [5.74, 6) is 0. The number of sulfonamides is 1. The Bertz CT molecular complexity index is 584. The molecule has 0 aliphatic carbocycles. The largest absolute Gasteiger partial charge is 0.392 e. The number of rotatable bonds is 3. The van der Waals surface area contributed by atoms with E-state index in [9.17, 15) is 13.5 Å². The Morgan fingerprint density at radius 3 is 2.65 bits per heavy atom. The van der Waals surface area contributed by atoms with Crippen molar-refractivity contribution in [1.82, 2.24) is 4.31 Å². The van der Waals surface area contributed by atoms with Crippen molar-refractivity contribution in [1.29, 1.82) is 0 Å². The van der Waals surface area contributed by atoms with Gasteiger partial charge in [-0.25, -0.2) is 8.42 Å². The number of hydrogen-bond donors (Lipinski definition) is 1. The van der Waals surface area contributed by atoms with Crippen LogP contribution < -0.4 is 4.90 Å². The van der Waals surface area contributed by atoms with Crippen LogP contribution in [-0.4, -0.2) is 51.1 Å². The molecule has 1 saturated heterocycles. The zero-order chi connectivity index (χ0) is 14.9. The number of benzene rings is 1. The summed E-state index contributed by atoms with van der Waals surface area (Å²) in [4.78, 5) is 2.19. The molecule has 5 nitrogen and oxygen atoms in total. The van der Waals surface area contributed by atoms with Gasteiger partial charge in [-0.15, -0.1) is 0 Å². The van der Waals surface area contributed by atoms with Crippen LogP contribution in [-0.2, 0) is 10.0 Å². The Morgan fingerprint density at radius 2 is 2.05 bits per heavy atom. The molecule has 1 aromatic carbocycles. The first-order valence-electron chi connectivity index (χ1n) is 6.78. The lowest BCUT2D eigenvalue weighted by atomic mass is 10.1. The van der Waals surface area contributed by atoms with Crippen LogP contribution in [0.5, 0.6) is 0 Å². The second-order valence-corrected chi connectivity index (χ2v) is 7.44. The van der Waals surface area contributed by atoms with Gasteiger partial charge >= 0.3 is 0 Å². The van der Waals surface area contributed by atoms with Gasteiger partial charge in [0.25, 0.3) is 0 Å². The zero-order valence-electron chi connectivity index (χ0n) is 12.2. The molecular weight excluding hydrogens is 276 g/mol. The van der Waals surface area contributed by atoms with Gasteiger partial charge in [0.15, 0.2) is 0 Å². The van der Waals surface area contributed by atoms with Crippen molar-refractivity contribution >= 4 is 15.7 Å². The van der Waals surface area contributed by atoms with Gasteiger partial charge in [-0.05, 0) is 37.5 Å². The van der Waals surface area contributed by atoms with Crippen LogP contribution in [0.2, 0.25) is 0 Å². The SMILES string of the molecule is Cc1ccc(S(=O)(=O)N2CCCC(O)C2)cc1N(C)C. The molecule has 0 bridgehead atoms. The highest BCUT2D eigenvalue weighted by Crippen LogP contribution is 2.26. The van der Waals surface area contributed by atoms with E-state index in [4.69, 9.17) is 0 Å². The van der Waals surface area contributed by atoms with Gasteiger partial charge in [-0.3, -0.25) is 0 Å². The molecule has 112 valence electrons. The summed E-state index contributed by atoms with van der Waals surface area (Å²) >= 11 is 0. The van der Waals surface area contributed by atoms with E-state index < -0.39 is 16.1 Å². The third kappa shape index (κ3) is 2.97. The number of aliphatic hydroxyl groups excluding tert-OH is 1. The first kappa shape index (κ1) is 15.3. The third-order valence-corrected chi connectivity index (χ3v) is 5.52. The Hall–Kier alpha value is -1.11. The van der Waals surface area contributed by atoms with E-state index in [1.807, 2.05) is 32.0 Å². The average Bonchev–Trinajstić information content (AvgIpc) is 2.38. The monoisotopic (exact) mass is 298 g/mol. The first-order chi connectivity index (χ1) is 9.32. The van der Waals surface area contributed by atoms with Gasteiger partial charge in [-0.2, -0.15) is 4.31 Å². The smallest absolute Gasteiger partial charge is 0.243 e. The first-order valence-corrected chi connectivity index (χ1v) is 8.22. The minimum absolute atomic E-state index is 0.188. The van der Waals surface area contributed by atoms with Crippen LogP contribution in [0.1, 0.15) is 18.4 Å². The summed E-state index contributed by atoms with van der Waals surface area (Å²) in [6, 6.07) is 5.16. The molecule has 0 aromatic heterocycles. The maximum Gasteiger partial charge on any atom is 0.243 e. The maximum atomic E-state index is 12.6. The van der Waals surface area contributed by atoms with E-state index in [0.29, 0.717) is 24.3 Å². The van der Waals surface area contributed by atoms with Crippen LogP contribution in [0.25, 0.3) is 0 Å². The molecule has 1 aromatic rings. The average molecular weight is 298 g/mol. The molecular formula is C14H22N2O3S. The molecule has 1 unspecified atom stereocenters. The Labute approximate surface area is 120 Å². The predicted molar refractivity (Wildman–Crippen MR) is 79.5 cm³/mol. The fraction of sp³-hybridized carbons (Fsp3) is 0.571. The van der Waals surface area contributed by atoms with Gasteiger partial charge in [0.1, 0.15) is 0 Å². The van der Waals surface area contributed by atoms with Crippen molar-refractivity contribution < 1.29 is 13.5 Å². The van der Waals surface area contributed by atoms with E-state index in [-0.39, 0.29) is 6.54 Å². The molecule has 0 saturated carbocycles. The topological polar surface area (TPSA) is 60.9 Å². The highest BCUT2D eigenvalue weighted by Gasteiger charge is 2.29. The molecule has 0 radical (unpaired) electrons. The minimum atomic E-state index is -3.52. The molecule has 2 rings (SSSR count). The summed E-state index contributed by atoms with van der Waals surface area (Å²) in [7, 11) is 0.263. The summed E-state index contributed by atoms with van der Waals surface area (Å²) in [6.07, 6.45) is 0.813. The third-order valence-electron chi connectivity index (χ3n) is 3.66. The van der Waals surface area contributed by atoms with Crippen molar-refractivity contribution in [3.8, 4) is 0 Å². The second-order valence-electron chi connectivity index (χ2n) is 5.50. The summed E-state index contributed by atoms with van der Waals surface area (Å²) in [5.41, 5.74) is 1.93. The van der Waals surface area contributed by atoms with Crippen molar-refractivity contribution in [2.75, 3.05) is 32.1 Å². The summed E-state index contributed by atoms with van der Waals surface area (Å²) in [5, 5.41) is 9.66. The summed E-state index contributed by atoms with van der Waals surface area (Å²) < 4.78 is 26.6. The number of hydrogen-bond acceptors (Lipinski definition) is 4. The zero-order valence-corrected chi connectivity index (χ0v) is 13.0. The number of anilines is 1. The van der Waals surface area contributed by atoms with E-state index in [1.165, 1.54) is 4.31 Å². The summed E-state index contributed by atoms with van der Waals surface area (Å²) in [6.45, 7) is 2.62. The van der Waals surface area contributed by atoms with Crippen LogP contribution in [0, 0.1) is 6.92 Å². The van der Waals surface area contributed by atoms with Gasteiger partial charge in [0, 0.05) is 32.9 Å². The van der Waals surface area contributed by atoms with Crippen LogP contribution in [0.3, 0.4) is 0 Å². The van der Waals surface area contributed by atoms with E-state index in [2.05, 4.69) is 0 Å². The Kier molecular flexibility index (Phi) is 4.36. The Balaban J connectivity index is 2.36. The van der Waals surface area contributed by atoms with Crippen LogP contribution in [0.15, 0.2) is 23.1 Å². The van der Waals surface area contributed by atoms with Crippen molar-refractivity contribution in [2.45, 2.75) is 30.8 Å². The highest BCUT2D eigenvalue weighted by molar-refractivity contribution is 7.89. The van der Waals surface area contributed by atoms with Crippen molar-refractivity contribution in [3.05, 3.63) is 23.8 Å². The van der Waals surface area contributed by atoms with Crippen LogP contribution >= 0.6 is 0 Å².